The second-order valence-corrected chi connectivity index (χ2v) is 2.85. The van der Waals surface area contributed by atoms with Crippen molar-refractivity contribution >= 4 is 0 Å². The molecule has 1 aromatic heterocycles. The molecule has 0 saturated carbocycles. The van der Waals surface area contributed by atoms with Crippen LogP contribution in [0.5, 0.6) is 5.75 Å². The molecule has 5 heteroatoms. The third kappa shape index (κ3) is 2.42. The van der Waals surface area contributed by atoms with Gasteiger partial charge in [-0.25, -0.2) is 0 Å². The van der Waals surface area contributed by atoms with E-state index in [9.17, 15) is 10.2 Å². The van der Waals surface area contributed by atoms with E-state index >= 15 is 0 Å². The Morgan fingerprint density at radius 3 is 2.71 bits per heavy atom. The van der Waals surface area contributed by atoms with E-state index in [1.165, 1.54) is 18.5 Å². The van der Waals surface area contributed by atoms with Crippen molar-refractivity contribution in [2.45, 2.75) is 18.6 Å². The number of hydrogen-bond acceptors (Lipinski definition) is 5. The van der Waals surface area contributed by atoms with Gasteiger partial charge in [-0.1, -0.05) is 0 Å². The van der Waals surface area contributed by atoms with E-state index in [1.807, 2.05) is 0 Å². The van der Waals surface area contributed by atoms with Gasteiger partial charge in [0.05, 0.1) is 24.8 Å². The van der Waals surface area contributed by atoms with Crippen LogP contribution in [0.25, 0.3) is 0 Å². The fraction of sp³-hybridized carbons (Fsp3) is 0.333. The summed E-state index contributed by atoms with van der Waals surface area (Å²) >= 11 is 0. The molecule has 2 atom stereocenters. The van der Waals surface area contributed by atoms with Crippen LogP contribution >= 0.6 is 0 Å². The summed E-state index contributed by atoms with van der Waals surface area (Å²) < 4.78 is 0. The minimum Gasteiger partial charge on any atom is -0.506 e. The fourth-order valence-corrected chi connectivity index (χ4v) is 1.03. The Labute approximate surface area is 80.9 Å². The Bertz CT molecular complexity index is 348. The highest BCUT2D eigenvalue weighted by molar-refractivity contribution is 5.24. The SMILES string of the molecule is N#CCC(O)C(O)c1cncc(O)c1. The van der Waals surface area contributed by atoms with Gasteiger partial charge in [0.2, 0.25) is 0 Å². The Kier molecular flexibility index (Phi) is 3.40. The van der Waals surface area contributed by atoms with Crippen molar-refractivity contribution in [3.63, 3.8) is 0 Å². The molecule has 0 fully saturated rings. The summed E-state index contributed by atoms with van der Waals surface area (Å²) in [5, 5.41) is 36.1. The zero-order valence-corrected chi connectivity index (χ0v) is 7.33. The number of aromatic nitrogens is 1. The maximum absolute atomic E-state index is 9.49. The maximum atomic E-state index is 9.49. The van der Waals surface area contributed by atoms with Crippen LogP contribution in [0.1, 0.15) is 18.1 Å². The van der Waals surface area contributed by atoms with Crippen molar-refractivity contribution in [3.8, 4) is 11.8 Å². The predicted molar refractivity (Wildman–Crippen MR) is 47.1 cm³/mol. The van der Waals surface area contributed by atoms with E-state index in [1.54, 1.807) is 6.07 Å². The normalized spacial score (nSPS) is 14.4. The molecule has 0 radical (unpaired) electrons. The average Bonchev–Trinajstić information content (AvgIpc) is 2.17. The first-order valence-electron chi connectivity index (χ1n) is 4.02. The Morgan fingerprint density at radius 2 is 2.14 bits per heavy atom. The molecule has 0 amide bonds. The van der Waals surface area contributed by atoms with E-state index in [2.05, 4.69) is 4.98 Å². The molecule has 0 saturated heterocycles. The molecule has 1 rings (SSSR count). The van der Waals surface area contributed by atoms with Gasteiger partial charge in [0.15, 0.2) is 0 Å². The van der Waals surface area contributed by atoms with Crippen molar-refractivity contribution in [3.05, 3.63) is 24.0 Å². The van der Waals surface area contributed by atoms with Crippen molar-refractivity contribution < 1.29 is 15.3 Å². The standard InChI is InChI=1S/C9H10N2O3/c10-2-1-8(13)9(14)6-3-7(12)5-11-4-6/h3-5,8-9,12-14H,1H2. The smallest absolute Gasteiger partial charge is 0.134 e. The van der Waals surface area contributed by atoms with Crippen molar-refractivity contribution in [1.82, 2.24) is 4.98 Å². The molecule has 0 bridgehead atoms. The van der Waals surface area contributed by atoms with Crippen LogP contribution < -0.4 is 0 Å². The highest BCUT2D eigenvalue weighted by Crippen LogP contribution is 2.20. The lowest BCUT2D eigenvalue weighted by Gasteiger charge is -2.14. The summed E-state index contributed by atoms with van der Waals surface area (Å²) in [4.78, 5) is 3.64. The molecule has 14 heavy (non-hydrogen) atoms. The molecule has 0 aliphatic rings. The minimum absolute atomic E-state index is 0.0919. The van der Waals surface area contributed by atoms with E-state index in [4.69, 9.17) is 10.4 Å². The van der Waals surface area contributed by atoms with Gasteiger partial charge in [0.1, 0.15) is 11.9 Å². The third-order valence-electron chi connectivity index (χ3n) is 1.75. The molecule has 1 heterocycles. The molecule has 0 aromatic carbocycles. The van der Waals surface area contributed by atoms with Crippen LogP contribution in [-0.4, -0.2) is 26.4 Å². The predicted octanol–water partition coefficient (Wildman–Crippen LogP) is 0.0952. The molecule has 2 unspecified atom stereocenters. The molecule has 1 aromatic rings. The number of pyridine rings is 1. The van der Waals surface area contributed by atoms with Crippen LogP contribution in [0.3, 0.4) is 0 Å². The molecule has 74 valence electrons. The topological polar surface area (TPSA) is 97.4 Å². The van der Waals surface area contributed by atoms with Crippen LogP contribution in [0.4, 0.5) is 0 Å². The number of aliphatic hydroxyl groups is 2. The summed E-state index contributed by atoms with van der Waals surface area (Å²) in [6.07, 6.45) is 0.00664. The van der Waals surface area contributed by atoms with Gasteiger partial charge >= 0.3 is 0 Å². The Balaban J connectivity index is 2.79. The summed E-state index contributed by atoms with van der Waals surface area (Å²) in [5.41, 5.74) is 0.285. The second kappa shape index (κ2) is 4.56. The van der Waals surface area contributed by atoms with Gasteiger partial charge in [-0.2, -0.15) is 5.26 Å². The van der Waals surface area contributed by atoms with Gasteiger partial charge < -0.3 is 15.3 Å². The minimum atomic E-state index is -1.20. The van der Waals surface area contributed by atoms with Crippen LogP contribution in [0, 0.1) is 11.3 Å². The molecule has 0 aliphatic heterocycles. The first-order chi connectivity index (χ1) is 6.65. The van der Waals surface area contributed by atoms with Gasteiger partial charge in [-0.15, -0.1) is 0 Å². The lowest BCUT2D eigenvalue weighted by atomic mass is 10.0. The summed E-state index contributed by atoms with van der Waals surface area (Å²) in [6.45, 7) is 0. The first-order valence-corrected chi connectivity index (χ1v) is 4.02. The van der Waals surface area contributed by atoms with Crippen molar-refractivity contribution in [1.29, 1.82) is 5.26 Å². The lowest BCUT2D eigenvalue weighted by molar-refractivity contribution is 0.0213. The van der Waals surface area contributed by atoms with Gasteiger partial charge in [0.25, 0.3) is 0 Å². The molecule has 5 nitrogen and oxygen atoms in total. The van der Waals surface area contributed by atoms with E-state index in [0.717, 1.165) is 0 Å². The number of rotatable bonds is 3. The average molecular weight is 194 g/mol. The zero-order chi connectivity index (χ0) is 10.6. The van der Waals surface area contributed by atoms with Crippen LogP contribution in [0.15, 0.2) is 18.5 Å². The Hall–Kier alpha value is -1.64. The van der Waals surface area contributed by atoms with Gasteiger partial charge in [-0.3, -0.25) is 4.98 Å². The number of nitrogens with zero attached hydrogens (tertiary/aromatic N) is 2. The number of hydrogen-bond donors (Lipinski definition) is 3. The van der Waals surface area contributed by atoms with Crippen molar-refractivity contribution in [2.24, 2.45) is 0 Å². The molecular weight excluding hydrogens is 184 g/mol. The lowest BCUT2D eigenvalue weighted by Crippen LogP contribution is -2.17. The van der Waals surface area contributed by atoms with Gasteiger partial charge in [-0.05, 0) is 6.07 Å². The largest absolute Gasteiger partial charge is 0.506 e. The summed E-state index contributed by atoms with van der Waals surface area (Å²) in [7, 11) is 0. The molecule has 3 N–H and O–H groups in total. The highest BCUT2D eigenvalue weighted by Gasteiger charge is 2.18. The number of aromatic hydroxyl groups is 1. The van der Waals surface area contributed by atoms with Crippen molar-refractivity contribution in [2.75, 3.05) is 0 Å². The zero-order valence-electron chi connectivity index (χ0n) is 7.33. The second-order valence-electron chi connectivity index (χ2n) is 2.85. The number of aliphatic hydroxyl groups excluding tert-OH is 2. The molecule has 0 aliphatic carbocycles. The third-order valence-corrected chi connectivity index (χ3v) is 1.75. The van der Waals surface area contributed by atoms with Crippen LogP contribution in [-0.2, 0) is 0 Å². The molecular formula is C9H10N2O3. The maximum Gasteiger partial charge on any atom is 0.134 e. The van der Waals surface area contributed by atoms with Gasteiger partial charge in [0, 0.05) is 11.8 Å². The van der Waals surface area contributed by atoms with E-state index in [0.29, 0.717) is 0 Å². The molecule has 0 spiro atoms. The fourth-order valence-electron chi connectivity index (χ4n) is 1.03. The summed E-state index contributed by atoms with van der Waals surface area (Å²) in [5.74, 6) is -0.0919. The first kappa shape index (κ1) is 10.4. The van der Waals surface area contributed by atoms with E-state index < -0.39 is 12.2 Å². The van der Waals surface area contributed by atoms with Crippen LogP contribution in [0.2, 0.25) is 0 Å². The monoisotopic (exact) mass is 194 g/mol. The number of nitriles is 1. The quantitative estimate of drug-likeness (QED) is 0.633. The highest BCUT2D eigenvalue weighted by atomic mass is 16.3. The summed E-state index contributed by atoms with van der Waals surface area (Å²) in [6, 6.07) is 3.03. The van der Waals surface area contributed by atoms with E-state index in [-0.39, 0.29) is 17.7 Å². The Morgan fingerprint density at radius 1 is 1.43 bits per heavy atom.